The fraction of sp³-hybridized carbons (Fsp3) is 0.385. The first-order valence-corrected chi connectivity index (χ1v) is 6.60. The van der Waals surface area contributed by atoms with Gasteiger partial charge in [-0.2, -0.15) is 0 Å². The highest BCUT2D eigenvalue weighted by Gasteiger charge is 1.99. The molecule has 1 heterocycles. The predicted octanol–water partition coefficient (Wildman–Crippen LogP) is 3.35. The summed E-state index contributed by atoms with van der Waals surface area (Å²) in [5.41, 5.74) is 2.69. The van der Waals surface area contributed by atoms with Crippen molar-refractivity contribution >= 4 is 16.5 Å². The van der Waals surface area contributed by atoms with Gasteiger partial charge in [0.05, 0.1) is 6.20 Å². The summed E-state index contributed by atoms with van der Waals surface area (Å²) < 4.78 is 3.81. The lowest BCUT2D eigenvalue weighted by Crippen LogP contribution is -1.99. The van der Waals surface area contributed by atoms with Gasteiger partial charge in [-0.05, 0) is 23.5 Å². The van der Waals surface area contributed by atoms with Gasteiger partial charge in [-0.1, -0.05) is 42.6 Å². The van der Waals surface area contributed by atoms with E-state index in [9.17, 15) is 0 Å². The van der Waals surface area contributed by atoms with Crippen molar-refractivity contribution in [3.63, 3.8) is 0 Å². The molecule has 0 aliphatic heterocycles. The van der Waals surface area contributed by atoms with Gasteiger partial charge in [0.15, 0.2) is 0 Å². The maximum Gasteiger partial charge on any atom is 0.130 e. The van der Waals surface area contributed by atoms with Crippen LogP contribution in [0.2, 0.25) is 0 Å². The van der Waals surface area contributed by atoms with Crippen molar-refractivity contribution in [2.24, 2.45) is 5.92 Å². The van der Waals surface area contributed by atoms with Crippen molar-refractivity contribution in [1.29, 1.82) is 0 Å². The molecular weight excluding hydrogens is 230 g/mol. The number of rotatable bonds is 5. The van der Waals surface area contributed by atoms with Crippen LogP contribution in [0.1, 0.15) is 25.0 Å². The second kappa shape index (κ2) is 5.77. The van der Waals surface area contributed by atoms with Crippen molar-refractivity contribution < 1.29 is 0 Å². The lowest BCUT2D eigenvalue weighted by molar-refractivity contribution is 0.647. The molecule has 2 rings (SSSR count). The zero-order valence-corrected chi connectivity index (χ0v) is 11.0. The number of benzene rings is 1. The van der Waals surface area contributed by atoms with Crippen LogP contribution in [0, 0.1) is 5.92 Å². The zero-order chi connectivity index (χ0) is 12.1. The Bertz CT molecular complexity index is 434. The summed E-state index contributed by atoms with van der Waals surface area (Å²) in [4.78, 5) is 0. The molecule has 0 unspecified atom stereocenters. The second-order valence-electron chi connectivity index (χ2n) is 4.55. The van der Waals surface area contributed by atoms with Gasteiger partial charge in [-0.25, -0.2) is 0 Å². The van der Waals surface area contributed by atoms with Crippen LogP contribution in [0.15, 0.2) is 30.5 Å². The largest absolute Gasteiger partial charge is 0.370 e. The molecular formula is C13H17N3S. The van der Waals surface area contributed by atoms with Crippen LogP contribution in [0.3, 0.4) is 0 Å². The van der Waals surface area contributed by atoms with E-state index in [2.05, 4.69) is 53.0 Å². The normalized spacial score (nSPS) is 10.8. The van der Waals surface area contributed by atoms with Crippen molar-refractivity contribution in [3.8, 4) is 0 Å². The molecule has 17 heavy (non-hydrogen) atoms. The summed E-state index contributed by atoms with van der Waals surface area (Å²) in [7, 11) is 0. The predicted molar refractivity (Wildman–Crippen MR) is 72.2 cm³/mol. The lowest BCUT2D eigenvalue weighted by Gasteiger charge is -2.07. The van der Waals surface area contributed by atoms with Crippen molar-refractivity contribution in [3.05, 3.63) is 41.6 Å². The van der Waals surface area contributed by atoms with E-state index in [4.69, 9.17) is 0 Å². The first-order valence-electron chi connectivity index (χ1n) is 5.83. The number of hydrogen-bond acceptors (Lipinski definition) is 4. The second-order valence-corrected chi connectivity index (χ2v) is 5.34. The highest BCUT2D eigenvalue weighted by molar-refractivity contribution is 7.09. The molecule has 0 bridgehead atoms. The Labute approximate surface area is 106 Å². The van der Waals surface area contributed by atoms with E-state index >= 15 is 0 Å². The lowest BCUT2D eigenvalue weighted by atomic mass is 10.0. The van der Waals surface area contributed by atoms with E-state index in [0.29, 0.717) is 5.92 Å². The summed E-state index contributed by atoms with van der Waals surface area (Å²) in [6.07, 6.45) is 2.89. The molecule has 0 amide bonds. The Morgan fingerprint density at radius 1 is 1.18 bits per heavy atom. The molecule has 1 aromatic carbocycles. The first-order chi connectivity index (χ1) is 8.24. The molecule has 90 valence electrons. The average molecular weight is 247 g/mol. The van der Waals surface area contributed by atoms with Crippen LogP contribution >= 0.6 is 11.5 Å². The zero-order valence-electron chi connectivity index (χ0n) is 10.2. The quantitative estimate of drug-likeness (QED) is 0.880. The Balaban J connectivity index is 1.89. The summed E-state index contributed by atoms with van der Waals surface area (Å²) in [6, 6.07) is 8.78. The molecule has 0 fully saturated rings. The highest BCUT2D eigenvalue weighted by Crippen LogP contribution is 2.13. The smallest absolute Gasteiger partial charge is 0.130 e. The Hall–Kier alpha value is -1.42. The van der Waals surface area contributed by atoms with E-state index in [1.54, 1.807) is 6.20 Å². The molecule has 3 nitrogen and oxygen atoms in total. The molecule has 0 spiro atoms. The third-order valence-corrected chi connectivity index (χ3v) is 3.12. The Morgan fingerprint density at radius 3 is 2.47 bits per heavy atom. The summed E-state index contributed by atoms with van der Waals surface area (Å²) in [6.45, 7) is 5.31. The van der Waals surface area contributed by atoms with Gasteiger partial charge in [0, 0.05) is 18.1 Å². The van der Waals surface area contributed by atoms with Crippen LogP contribution < -0.4 is 5.32 Å². The van der Waals surface area contributed by atoms with Gasteiger partial charge < -0.3 is 5.32 Å². The monoisotopic (exact) mass is 247 g/mol. The van der Waals surface area contributed by atoms with Crippen LogP contribution in [0.25, 0.3) is 0 Å². The van der Waals surface area contributed by atoms with Gasteiger partial charge >= 0.3 is 0 Å². The van der Waals surface area contributed by atoms with Gasteiger partial charge in [-0.3, -0.25) is 0 Å². The molecule has 0 atom stereocenters. The van der Waals surface area contributed by atoms with Gasteiger partial charge in [0.25, 0.3) is 0 Å². The molecule has 1 aromatic heterocycles. The highest BCUT2D eigenvalue weighted by atomic mass is 32.1. The van der Waals surface area contributed by atoms with Crippen LogP contribution in [0.5, 0.6) is 0 Å². The average Bonchev–Trinajstić information content (AvgIpc) is 2.80. The van der Waals surface area contributed by atoms with Gasteiger partial charge in [-0.15, -0.1) is 5.10 Å². The van der Waals surface area contributed by atoms with Crippen LogP contribution in [0.4, 0.5) is 5.00 Å². The topological polar surface area (TPSA) is 37.8 Å². The maximum absolute atomic E-state index is 3.81. The minimum Gasteiger partial charge on any atom is -0.370 e. The molecule has 2 aromatic rings. The number of nitrogens with zero attached hydrogens (tertiary/aromatic N) is 2. The molecule has 0 saturated heterocycles. The molecule has 0 aliphatic carbocycles. The van der Waals surface area contributed by atoms with Crippen LogP contribution in [-0.2, 0) is 13.0 Å². The van der Waals surface area contributed by atoms with E-state index in [1.807, 2.05) is 0 Å². The molecule has 4 heteroatoms. The molecule has 0 aliphatic rings. The third-order valence-electron chi connectivity index (χ3n) is 2.49. The molecule has 0 radical (unpaired) electrons. The summed E-state index contributed by atoms with van der Waals surface area (Å²) in [5, 5.41) is 8.09. The Kier molecular flexibility index (Phi) is 4.09. The summed E-state index contributed by atoms with van der Waals surface area (Å²) >= 11 is 1.38. The minimum absolute atomic E-state index is 0.710. The van der Waals surface area contributed by atoms with Gasteiger partial charge in [0.2, 0.25) is 0 Å². The van der Waals surface area contributed by atoms with E-state index in [0.717, 1.165) is 18.0 Å². The maximum atomic E-state index is 3.81. The fourth-order valence-corrected chi connectivity index (χ4v) is 2.11. The van der Waals surface area contributed by atoms with Crippen molar-refractivity contribution in [1.82, 2.24) is 9.59 Å². The minimum atomic E-state index is 0.710. The first kappa shape index (κ1) is 12.0. The van der Waals surface area contributed by atoms with Gasteiger partial charge in [0.1, 0.15) is 5.00 Å². The number of aromatic nitrogens is 2. The molecule has 1 N–H and O–H groups in total. The third kappa shape index (κ3) is 3.82. The SMILES string of the molecule is CC(C)Cc1ccc(CNc2cnns2)cc1. The number of anilines is 1. The molecule has 0 saturated carbocycles. The number of nitrogens with one attached hydrogen (secondary N) is 1. The standard InChI is InChI=1S/C13H17N3S/c1-10(2)7-11-3-5-12(6-4-11)8-14-13-9-15-16-17-13/h3-6,9-10,14H,7-8H2,1-2H3. The van der Waals surface area contributed by atoms with Crippen LogP contribution in [-0.4, -0.2) is 9.59 Å². The van der Waals surface area contributed by atoms with Crippen molar-refractivity contribution in [2.45, 2.75) is 26.8 Å². The van der Waals surface area contributed by atoms with E-state index in [1.165, 1.54) is 22.7 Å². The summed E-state index contributed by atoms with van der Waals surface area (Å²) in [5.74, 6) is 0.710. The Morgan fingerprint density at radius 2 is 1.88 bits per heavy atom. The van der Waals surface area contributed by atoms with E-state index < -0.39 is 0 Å². The van der Waals surface area contributed by atoms with E-state index in [-0.39, 0.29) is 0 Å². The fourth-order valence-electron chi connectivity index (χ4n) is 1.70. The van der Waals surface area contributed by atoms with Crippen molar-refractivity contribution in [2.75, 3.05) is 5.32 Å². The number of hydrogen-bond donors (Lipinski definition) is 1.